The summed E-state index contributed by atoms with van der Waals surface area (Å²) in [7, 11) is 0. The fourth-order valence-corrected chi connectivity index (χ4v) is 11.7. The standard InChI is InChI=1S/C61H56N2O2/c1-57(2,3)33-22-24-45-39(26-33)40-27-34(58(4,5)6)23-25-46(40)61(45)47-30-35(59(7,8)9)28-42-51(47)63-52-43(29-36(31-48(52)61)60(10,11)12)56(65)50-53-41(32-44(54(50)63)55(42)64)38-20-16-17-21-49(38)62(53)37-18-14-13-15-19-37/h13-32H,1-12H3. The molecule has 0 radical (unpaired) electrons. The summed E-state index contributed by atoms with van der Waals surface area (Å²) in [6, 6.07) is 44.3. The Bertz CT molecular complexity index is 3800. The van der Waals surface area contributed by atoms with Crippen LogP contribution in [0, 0.1) is 0 Å². The van der Waals surface area contributed by atoms with E-state index in [2.05, 4.69) is 195 Å². The van der Waals surface area contributed by atoms with Gasteiger partial charge in [0.25, 0.3) is 0 Å². The molecule has 1 spiro atoms. The Morgan fingerprint density at radius 2 is 0.862 bits per heavy atom. The first kappa shape index (κ1) is 40.0. The molecule has 0 amide bonds. The van der Waals surface area contributed by atoms with Gasteiger partial charge in [0.1, 0.15) is 0 Å². The summed E-state index contributed by atoms with van der Waals surface area (Å²) in [6.07, 6.45) is 0. The first-order valence-corrected chi connectivity index (χ1v) is 23.4. The summed E-state index contributed by atoms with van der Waals surface area (Å²) >= 11 is 0. The molecule has 65 heavy (non-hydrogen) atoms. The zero-order chi connectivity index (χ0) is 45.7. The van der Waals surface area contributed by atoms with Crippen molar-refractivity contribution in [2.75, 3.05) is 0 Å². The monoisotopic (exact) mass is 848 g/mol. The average molecular weight is 849 g/mol. The van der Waals surface area contributed by atoms with Crippen molar-refractivity contribution in [2.24, 2.45) is 0 Å². The molecule has 0 saturated heterocycles. The molecule has 2 aliphatic rings. The molecule has 0 unspecified atom stereocenters. The fourth-order valence-electron chi connectivity index (χ4n) is 11.7. The molecule has 1 aliphatic carbocycles. The van der Waals surface area contributed by atoms with Crippen molar-refractivity contribution in [3.05, 3.63) is 186 Å². The number of fused-ring (bicyclic) bond motifs is 11. The van der Waals surface area contributed by atoms with Crippen molar-refractivity contribution in [3.63, 3.8) is 0 Å². The lowest BCUT2D eigenvalue weighted by atomic mass is 9.63. The lowest BCUT2D eigenvalue weighted by Crippen LogP contribution is -2.35. The van der Waals surface area contributed by atoms with E-state index in [1.54, 1.807) is 0 Å². The summed E-state index contributed by atoms with van der Waals surface area (Å²) in [5.74, 6) is 0. The second-order valence-electron chi connectivity index (χ2n) is 23.3. The van der Waals surface area contributed by atoms with E-state index in [1.165, 1.54) is 33.4 Å². The number of hydrogen-bond donors (Lipinski definition) is 0. The summed E-state index contributed by atoms with van der Waals surface area (Å²) in [5.41, 5.74) is 15.4. The Kier molecular flexibility index (Phi) is 7.65. The first-order chi connectivity index (χ1) is 30.6. The van der Waals surface area contributed by atoms with Crippen LogP contribution in [0.3, 0.4) is 0 Å². The highest BCUT2D eigenvalue weighted by atomic mass is 16.1. The fraction of sp³-hybridized carbons (Fsp3) is 0.279. The third-order valence-electron chi connectivity index (χ3n) is 15.2. The van der Waals surface area contributed by atoms with Crippen LogP contribution in [0.25, 0.3) is 76.7 Å². The maximum absolute atomic E-state index is 16.3. The van der Waals surface area contributed by atoms with Crippen molar-refractivity contribution < 1.29 is 0 Å². The van der Waals surface area contributed by atoms with E-state index in [0.29, 0.717) is 27.1 Å². The molecular weight excluding hydrogens is 793 g/mol. The Labute approximate surface area is 380 Å². The molecule has 4 heterocycles. The molecule has 3 aromatic heterocycles. The van der Waals surface area contributed by atoms with Crippen LogP contribution in [-0.2, 0) is 27.1 Å². The number of aromatic nitrogens is 2. The Hall–Kier alpha value is -6.52. The zero-order valence-electron chi connectivity index (χ0n) is 39.8. The minimum absolute atomic E-state index is 0.0379. The maximum Gasteiger partial charge on any atom is 0.199 e. The van der Waals surface area contributed by atoms with Gasteiger partial charge in [-0.05, 0) is 114 Å². The van der Waals surface area contributed by atoms with Gasteiger partial charge in [-0.15, -0.1) is 0 Å². The van der Waals surface area contributed by atoms with E-state index in [1.807, 2.05) is 18.2 Å². The molecule has 4 heteroatoms. The molecule has 1 aliphatic heterocycles. The molecule has 0 saturated carbocycles. The molecule has 0 N–H and O–H groups in total. The third kappa shape index (κ3) is 5.09. The van der Waals surface area contributed by atoms with Crippen molar-refractivity contribution in [2.45, 2.75) is 110 Å². The van der Waals surface area contributed by atoms with Crippen molar-refractivity contribution >= 4 is 59.9 Å². The molecule has 0 fully saturated rings. The highest BCUT2D eigenvalue weighted by molar-refractivity contribution is 6.25. The number of nitrogens with zero attached hydrogens (tertiary/aromatic N) is 2. The summed E-state index contributed by atoms with van der Waals surface area (Å²) in [5, 5.41) is 4.45. The molecule has 4 nitrogen and oxygen atoms in total. The van der Waals surface area contributed by atoms with Gasteiger partial charge in [0.05, 0.1) is 38.4 Å². The number of para-hydroxylation sites is 2. The second kappa shape index (κ2) is 12.4. The van der Waals surface area contributed by atoms with E-state index in [0.717, 1.165) is 60.8 Å². The van der Waals surface area contributed by atoms with Crippen molar-refractivity contribution in [1.82, 2.24) is 8.97 Å². The minimum atomic E-state index is -0.844. The van der Waals surface area contributed by atoms with Crippen molar-refractivity contribution in [3.8, 4) is 16.8 Å². The smallest absolute Gasteiger partial charge is 0.199 e. The van der Waals surface area contributed by atoms with Crippen LogP contribution in [0.4, 0.5) is 0 Å². The SMILES string of the molecule is CC(C)(C)c1ccc2c(c1)-c1cc(C(C)(C)C)ccc1C21c2cc(C(C)(C)C)cc3c(=O)c4cc5c6ccccc6n(-c6ccccc6)c5c5c(=O)c6cc(C(C)(C)C)cc1c6n(c23)c45. The van der Waals surface area contributed by atoms with E-state index in [9.17, 15) is 0 Å². The van der Waals surface area contributed by atoms with Gasteiger partial charge >= 0.3 is 0 Å². The van der Waals surface area contributed by atoms with Gasteiger partial charge in [-0.1, -0.05) is 168 Å². The molecule has 7 aromatic carbocycles. The molecule has 0 atom stereocenters. The van der Waals surface area contributed by atoms with Gasteiger partial charge in [0.15, 0.2) is 10.9 Å². The zero-order valence-corrected chi connectivity index (χ0v) is 39.8. The van der Waals surface area contributed by atoms with Crippen LogP contribution >= 0.6 is 0 Å². The molecule has 322 valence electrons. The molecule has 0 bridgehead atoms. The molecule has 10 aromatic rings. The van der Waals surface area contributed by atoms with Crippen LogP contribution in [0.5, 0.6) is 0 Å². The van der Waals surface area contributed by atoms with E-state index in [-0.39, 0.29) is 32.5 Å². The predicted octanol–water partition coefficient (Wildman–Crippen LogP) is 14.5. The topological polar surface area (TPSA) is 43.5 Å². The van der Waals surface area contributed by atoms with Crippen LogP contribution in [0.15, 0.2) is 131 Å². The van der Waals surface area contributed by atoms with Gasteiger partial charge in [0, 0.05) is 32.6 Å². The Morgan fingerprint density at radius 3 is 1.38 bits per heavy atom. The van der Waals surface area contributed by atoms with Crippen molar-refractivity contribution in [1.29, 1.82) is 0 Å². The van der Waals surface area contributed by atoms with Crippen LogP contribution in [-0.4, -0.2) is 8.97 Å². The van der Waals surface area contributed by atoms with Crippen LogP contribution in [0.1, 0.15) is 128 Å². The van der Waals surface area contributed by atoms with E-state index in [4.69, 9.17) is 0 Å². The first-order valence-electron chi connectivity index (χ1n) is 23.4. The Balaban J connectivity index is 1.41. The van der Waals surface area contributed by atoms with Gasteiger partial charge < -0.3 is 8.97 Å². The molecule has 12 rings (SSSR count). The van der Waals surface area contributed by atoms with E-state index >= 15 is 9.59 Å². The molecular formula is C61H56N2O2. The number of benzene rings is 7. The number of pyridine rings is 2. The lowest BCUT2D eigenvalue weighted by Gasteiger charge is -2.41. The summed E-state index contributed by atoms with van der Waals surface area (Å²) < 4.78 is 4.61. The van der Waals surface area contributed by atoms with Gasteiger partial charge in [0.2, 0.25) is 0 Å². The highest BCUT2D eigenvalue weighted by Gasteiger charge is 2.52. The largest absolute Gasteiger partial charge is 0.308 e. The van der Waals surface area contributed by atoms with Gasteiger partial charge in [-0.2, -0.15) is 0 Å². The van der Waals surface area contributed by atoms with Crippen LogP contribution < -0.4 is 10.9 Å². The van der Waals surface area contributed by atoms with Crippen LogP contribution in [0.2, 0.25) is 0 Å². The third-order valence-corrected chi connectivity index (χ3v) is 15.2. The van der Waals surface area contributed by atoms with Gasteiger partial charge in [-0.3, -0.25) is 9.59 Å². The van der Waals surface area contributed by atoms with E-state index < -0.39 is 5.41 Å². The quantitative estimate of drug-likeness (QED) is 0.122. The predicted molar refractivity (Wildman–Crippen MR) is 274 cm³/mol. The average Bonchev–Trinajstić information content (AvgIpc) is 3.74. The normalized spacial score (nSPS) is 14.7. The van der Waals surface area contributed by atoms with Gasteiger partial charge in [-0.25, -0.2) is 0 Å². The number of hydrogen-bond acceptors (Lipinski definition) is 2. The minimum Gasteiger partial charge on any atom is -0.308 e. The summed E-state index contributed by atoms with van der Waals surface area (Å²) in [4.78, 5) is 32.2. The Morgan fingerprint density at radius 1 is 0.385 bits per heavy atom. The lowest BCUT2D eigenvalue weighted by molar-refractivity contribution is 0.584. The highest BCUT2D eigenvalue weighted by Crippen LogP contribution is 2.62. The maximum atomic E-state index is 16.3. The number of rotatable bonds is 1. The second-order valence-corrected chi connectivity index (χ2v) is 23.3. The summed E-state index contributed by atoms with van der Waals surface area (Å²) in [6.45, 7) is 27.3.